The first-order valence-corrected chi connectivity index (χ1v) is 6.75. The number of amides is 1. The van der Waals surface area contributed by atoms with Crippen LogP contribution in [0.1, 0.15) is 37.7 Å². The monoisotopic (exact) mass is 250 g/mol. The Morgan fingerprint density at radius 2 is 2.39 bits per heavy atom. The van der Waals surface area contributed by atoms with Crippen LogP contribution in [-0.2, 0) is 11.3 Å². The van der Waals surface area contributed by atoms with Gasteiger partial charge in [0.15, 0.2) is 0 Å². The zero-order valence-corrected chi connectivity index (χ0v) is 11.2. The molecule has 4 nitrogen and oxygen atoms in total. The van der Waals surface area contributed by atoms with E-state index < -0.39 is 0 Å². The van der Waals surface area contributed by atoms with E-state index >= 15 is 0 Å². The van der Waals surface area contributed by atoms with Crippen LogP contribution in [0, 0.1) is 12.8 Å². The molecule has 0 radical (unpaired) electrons. The predicted octanol–water partition coefficient (Wildman–Crippen LogP) is 1.98. The summed E-state index contributed by atoms with van der Waals surface area (Å²) in [5.41, 5.74) is 0. The van der Waals surface area contributed by atoms with Gasteiger partial charge in [0.05, 0.1) is 12.6 Å². The average molecular weight is 250 g/mol. The predicted molar refractivity (Wildman–Crippen MR) is 70.1 cm³/mol. The summed E-state index contributed by atoms with van der Waals surface area (Å²) in [5.74, 6) is 2.44. The van der Waals surface area contributed by atoms with Gasteiger partial charge < -0.3 is 15.1 Å². The zero-order chi connectivity index (χ0) is 13.0. The molecule has 1 aromatic rings. The Balaban J connectivity index is 1.80. The molecule has 1 aliphatic heterocycles. The topological polar surface area (TPSA) is 54.3 Å². The van der Waals surface area contributed by atoms with Crippen LogP contribution in [-0.4, -0.2) is 18.5 Å². The van der Waals surface area contributed by atoms with Crippen LogP contribution in [0.25, 0.3) is 0 Å². The van der Waals surface area contributed by atoms with E-state index in [0.717, 1.165) is 30.9 Å². The fourth-order valence-electron chi connectivity index (χ4n) is 2.44. The first-order valence-electron chi connectivity index (χ1n) is 6.75. The second-order valence-electron chi connectivity index (χ2n) is 5.04. The van der Waals surface area contributed by atoms with Crippen LogP contribution in [0.15, 0.2) is 16.5 Å². The van der Waals surface area contributed by atoms with Crippen LogP contribution in [0.3, 0.4) is 0 Å². The maximum Gasteiger partial charge on any atom is 0.237 e. The quantitative estimate of drug-likeness (QED) is 0.859. The molecule has 1 aliphatic rings. The van der Waals surface area contributed by atoms with Gasteiger partial charge in [0.1, 0.15) is 11.5 Å². The average Bonchev–Trinajstić information content (AvgIpc) is 2.82. The van der Waals surface area contributed by atoms with Crippen LogP contribution in [0.4, 0.5) is 0 Å². The third-order valence-corrected chi connectivity index (χ3v) is 3.64. The largest absolute Gasteiger partial charge is 0.465 e. The van der Waals surface area contributed by atoms with Crippen molar-refractivity contribution < 1.29 is 9.21 Å². The van der Waals surface area contributed by atoms with Crippen LogP contribution >= 0.6 is 0 Å². The summed E-state index contributed by atoms with van der Waals surface area (Å²) in [4.78, 5) is 12.0. The highest BCUT2D eigenvalue weighted by atomic mass is 16.3. The molecule has 0 bridgehead atoms. The van der Waals surface area contributed by atoms with Gasteiger partial charge in [0, 0.05) is 0 Å². The summed E-state index contributed by atoms with van der Waals surface area (Å²) in [5, 5.41) is 6.21. The van der Waals surface area contributed by atoms with Crippen molar-refractivity contribution in [2.24, 2.45) is 5.92 Å². The first kappa shape index (κ1) is 13.1. The summed E-state index contributed by atoms with van der Waals surface area (Å²) in [6.07, 6.45) is 3.28. The molecule has 18 heavy (non-hydrogen) atoms. The maximum absolute atomic E-state index is 12.0. The fourth-order valence-corrected chi connectivity index (χ4v) is 2.44. The normalized spacial score (nSPS) is 23.9. The van der Waals surface area contributed by atoms with Crippen molar-refractivity contribution in [1.29, 1.82) is 0 Å². The van der Waals surface area contributed by atoms with Gasteiger partial charge in [-0.25, -0.2) is 0 Å². The van der Waals surface area contributed by atoms with E-state index in [1.165, 1.54) is 6.42 Å². The highest BCUT2D eigenvalue weighted by molar-refractivity contribution is 5.81. The Bertz CT molecular complexity index is 400. The minimum Gasteiger partial charge on any atom is -0.465 e. The van der Waals surface area contributed by atoms with Gasteiger partial charge in [-0.3, -0.25) is 4.79 Å². The minimum atomic E-state index is -0.0419. The summed E-state index contributed by atoms with van der Waals surface area (Å²) < 4.78 is 5.43. The Morgan fingerprint density at radius 3 is 3.06 bits per heavy atom. The van der Waals surface area contributed by atoms with Crippen molar-refractivity contribution in [3.63, 3.8) is 0 Å². The summed E-state index contributed by atoms with van der Waals surface area (Å²) in [6.45, 7) is 5.51. The van der Waals surface area contributed by atoms with Crippen molar-refractivity contribution in [1.82, 2.24) is 10.6 Å². The van der Waals surface area contributed by atoms with Gasteiger partial charge in [0.2, 0.25) is 5.91 Å². The van der Waals surface area contributed by atoms with Crippen LogP contribution in [0.5, 0.6) is 0 Å². The number of furan rings is 1. The van der Waals surface area contributed by atoms with Crippen molar-refractivity contribution in [2.75, 3.05) is 6.54 Å². The lowest BCUT2D eigenvalue weighted by atomic mass is 9.90. The van der Waals surface area contributed by atoms with E-state index in [2.05, 4.69) is 17.6 Å². The summed E-state index contributed by atoms with van der Waals surface area (Å²) >= 11 is 0. The molecule has 4 heteroatoms. The molecule has 0 saturated carbocycles. The number of aryl methyl sites for hydroxylation is 1. The van der Waals surface area contributed by atoms with Crippen molar-refractivity contribution >= 4 is 5.91 Å². The van der Waals surface area contributed by atoms with Crippen molar-refractivity contribution in [3.05, 3.63) is 23.7 Å². The number of nitrogens with one attached hydrogen (secondary N) is 2. The molecule has 0 spiro atoms. The van der Waals surface area contributed by atoms with E-state index in [9.17, 15) is 4.79 Å². The molecule has 2 atom stereocenters. The third kappa shape index (κ3) is 3.35. The highest BCUT2D eigenvalue weighted by Crippen LogP contribution is 2.19. The molecule has 2 heterocycles. The molecule has 1 saturated heterocycles. The SMILES string of the molecule is CCC1CCNC(C(=O)NCc2ccc(C)o2)C1. The molecule has 2 N–H and O–H groups in total. The second kappa shape index (κ2) is 6.05. The molecular weight excluding hydrogens is 228 g/mol. The summed E-state index contributed by atoms with van der Waals surface area (Å²) in [7, 11) is 0. The molecule has 1 fully saturated rings. The van der Waals surface area contributed by atoms with Gasteiger partial charge in [-0.1, -0.05) is 13.3 Å². The number of hydrogen-bond donors (Lipinski definition) is 2. The Kier molecular flexibility index (Phi) is 4.42. The lowest BCUT2D eigenvalue weighted by molar-refractivity contribution is -0.124. The molecule has 2 rings (SSSR count). The number of carbonyl (C=O) groups excluding carboxylic acids is 1. The molecule has 2 unspecified atom stereocenters. The van der Waals surface area contributed by atoms with E-state index in [1.807, 2.05) is 19.1 Å². The molecule has 0 aliphatic carbocycles. The second-order valence-corrected chi connectivity index (χ2v) is 5.04. The third-order valence-electron chi connectivity index (χ3n) is 3.64. The number of hydrogen-bond acceptors (Lipinski definition) is 3. The molecular formula is C14H22N2O2. The number of piperidine rings is 1. The lowest BCUT2D eigenvalue weighted by Crippen LogP contribution is -2.48. The van der Waals surface area contributed by atoms with Gasteiger partial charge in [0.25, 0.3) is 0 Å². The van der Waals surface area contributed by atoms with Gasteiger partial charge >= 0.3 is 0 Å². The standard InChI is InChI=1S/C14H22N2O2/c1-3-11-6-7-15-13(8-11)14(17)16-9-12-5-4-10(2)18-12/h4-5,11,13,15H,3,6-9H2,1-2H3,(H,16,17). The van der Waals surface area contributed by atoms with E-state index in [-0.39, 0.29) is 11.9 Å². The van der Waals surface area contributed by atoms with Crippen LogP contribution in [0.2, 0.25) is 0 Å². The fraction of sp³-hybridized carbons (Fsp3) is 0.643. The Hall–Kier alpha value is -1.29. The van der Waals surface area contributed by atoms with Gasteiger partial charge in [-0.05, 0) is 44.4 Å². The minimum absolute atomic E-state index is 0.0419. The van der Waals surface area contributed by atoms with Gasteiger partial charge in [-0.15, -0.1) is 0 Å². The lowest BCUT2D eigenvalue weighted by Gasteiger charge is -2.28. The van der Waals surface area contributed by atoms with E-state index in [4.69, 9.17) is 4.42 Å². The number of rotatable bonds is 4. The van der Waals surface area contributed by atoms with Crippen molar-refractivity contribution in [3.8, 4) is 0 Å². The highest BCUT2D eigenvalue weighted by Gasteiger charge is 2.25. The van der Waals surface area contributed by atoms with Gasteiger partial charge in [-0.2, -0.15) is 0 Å². The zero-order valence-electron chi connectivity index (χ0n) is 11.2. The Morgan fingerprint density at radius 1 is 1.56 bits per heavy atom. The number of carbonyl (C=O) groups is 1. The summed E-state index contributed by atoms with van der Waals surface area (Å²) in [6, 6.07) is 3.77. The van der Waals surface area contributed by atoms with Crippen molar-refractivity contribution in [2.45, 2.75) is 45.7 Å². The van der Waals surface area contributed by atoms with Crippen LogP contribution < -0.4 is 10.6 Å². The molecule has 1 aromatic heterocycles. The first-order chi connectivity index (χ1) is 8.69. The molecule has 100 valence electrons. The maximum atomic E-state index is 12.0. The molecule has 1 amide bonds. The molecule has 0 aromatic carbocycles. The van der Waals surface area contributed by atoms with E-state index in [0.29, 0.717) is 12.5 Å². The van der Waals surface area contributed by atoms with E-state index in [1.54, 1.807) is 0 Å². The smallest absolute Gasteiger partial charge is 0.237 e. The Labute approximate surface area is 108 Å².